The zero-order chi connectivity index (χ0) is 10.4. The molecule has 2 unspecified atom stereocenters. The van der Waals surface area contributed by atoms with Gasteiger partial charge in [-0.05, 0) is 6.92 Å². The van der Waals surface area contributed by atoms with Crippen molar-refractivity contribution in [2.24, 2.45) is 0 Å². The lowest BCUT2D eigenvalue weighted by Gasteiger charge is -2.27. The Morgan fingerprint density at radius 2 is 2.14 bits per heavy atom. The number of allylic oxidation sites excluding steroid dienone is 2. The highest BCUT2D eigenvalue weighted by atomic mass is 16.7. The first-order chi connectivity index (χ1) is 6.79. The van der Waals surface area contributed by atoms with Gasteiger partial charge in [0.1, 0.15) is 6.79 Å². The van der Waals surface area contributed by atoms with Crippen LogP contribution in [0.5, 0.6) is 0 Å². The van der Waals surface area contributed by atoms with Gasteiger partial charge < -0.3 is 14.2 Å². The van der Waals surface area contributed by atoms with E-state index in [1.807, 2.05) is 31.2 Å². The lowest BCUT2D eigenvalue weighted by atomic mass is 9.93. The SMILES string of the molecule is COCOC1C=CC=C[C]1C(C)OC. The summed E-state index contributed by atoms with van der Waals surface area (Å²) in [5, 5.41) is 0. The minimum atomic E-state index is -0.0325. The summed E-state index contributed by atoms with van der Waals surface area (Å²) >= 11 is 0. The Morgan fingerprint density at radius 3 is 2.79 bits per heavy atom. The van der Waals surface area contributed by atoms with Gasteiger partial charge in [0.15, 0.2) is 0 Å². The minimum absolute atomic E-state index is 0.0325. The molecule has 2 atom stereocenters. The lowest BCUT2D eigenvalue weighted by Crippen LogP contribution is -2.30. The number of hydrogen-bond acceptors (Lipinski definition) is 3. The summed E-state index contributed by atoms with van der Waals surface area (Å²) in [5.74, 6) is 1.12. The normalized spacial score (nSPS) is 24.1. The molecule has 0 N–H and O–H groups in total. The fraction of sp³-hybridized carbons (Fsp3) is 0.545. The van der Waals surface area contributed by atoms with Gasteiger partial charge in [-0.15, -0.1) is 0 Å². The van der Waals surface area contributed by atoms with Crippen LogP contribution in [0, 0.1) is 5.92 Å². The second-order valence-electron chi connectivity index (χ2n) is 3.12. The quantitative estimate of drug-likeness (QED) is 0.628. The summed E-state index contributed by atoms with van der Waals surface area (Å²) < 4.78 is 15.6. The van der Waals surface area contributed by atoms with Crippen molar-refractivity contribution in [3.63, 3.8) is 0 Å². The molecule has 0 fully saturated rings. The van der Waals surface area contributed by atoms with Gasteiger partial charge in [-0.25, -0.2) is 0 Å². The van der Waals surface area contributed by atoms with Crippen LogP contribution in [0.4, 0.5) is 0 Å². The van der Waals surface area contributed by atoms with Gasteiger partial charge >= 0.3 is 0 Å². The maximum atomic E-state index is 5.49. The van der Waals surface area contributed by atoms with Gasteiger partial charge in [-0.2, -0.15) is 0 Å². The molecular formula is C11H17O3. The smallest absolute Gasteiger partial charge is 0.147 e. The zero-order valence-corrected chi connectivity index (χ0v) is 8.90. The number of hydrogen-bond donors (Lipinski definition) is 0. The van der Waals surface area contributed by atoms with Crippen molar-refractivity contribution in [1.29, 1.82) is 0 Å². The van der Waals surface area contributed by atoms with Crippen molar-refractivity contribution in [1.82, 2.24) is 0 Å². The summed E-state index contributed by atoms with van der Waals surface area (Å²) in [6, 6.07) is 0. The zero-order valence-electron chi connectivity index (χ0n) is 8.90. The second kappa shape index (κ2) is 5.96. The third kappa shape index (κ3) is 2.94. The van der Waals surface area contributed by atoms with Crippen molar-refractivity contribution in [3.8, 4) is 0 Å². The molecule has 0 amide bonds. The highest BCUT2D eigenvalue weighted by Crippen LogP contribution is 2.23. The largest absolute Gasteiger partial charge is 0.381 e. The van der Waals surface area contributed by atoms with Gasteiger partial charge in [0.05, 0.1) is 18.1 Å². The van der Waals surface area contributed by atoms with Crippen molar-refractivity contribution in [2.75, 3.05) is 21.0 Å². The Kier molecular flexibility index (Phi) is 4.87. The van der Waals surface area contributed by atoms with Gasteiger partial charge in [0.2, 0.25) is 0 Å². The molecule has 0 aromatic heterocycles. The number of rotatable bonds is 5. The van der Waals surface area contributed by atoms with Crippen molar-refractivity contribution < 1.29 is 14.2 Å². The van der Waals surface area contributed by atoms with Gasteiger partial charge in [0, 0.05) is 14.2 Å². The molecule has 0 saturated carbocycles. The Bertz CT molecular complexity index is 211. The van der Waals surface area contributed by atoms with Gasteiger partial charge in [-0.3, -0.25) is 0 Å². The third-order valence-electron chi connectivity index (χ3n) is 2.20. The Hall–Kier alpha value is -0.640. The topological polar surface area (TPSA) is 27.7 Å². The predicted octanol–water partition coefficient (Wildman–Crippen LogP) is 1.71. The first-order valence-corrected chi connectivity index (χ1v) is 4.64. The second-order valence-corrected chi connectivity index (χ2v) is 3.12. The molecule has 0 heterocycles. The molecule has 1 radical (unpaired) electrons. The Labute approximate surface area is 85.3 Å². The van der Waals surface area contributed by atoms with E-state index in [0.29, 0.717) is 6.79 Å². The summed E-state index contributed by atoms with van der Waals surface area (Å²) in [6.45, 7) is 2.30. The molecule has 79 valence electrons. The average Bonchev–Trinajstić information content (AvgIpc) is 2.25. The fourth-order valence-corrected chi connectivity index (χ4v) is 1.33. The molecule has 1 aliphatic rings. The average molecular weight is 197 g/mol. The maximum absolute atomic E-state index is 5.49. The molecule has 0 saturated heterocycles. The summed E-state index contributed by atoms with van der Waals surface area (Å²) in [4.78, 5) is 0. The molecule has 0 aromatic rings. The molecular weight excluding hydrogens is 180 g/mol. The first kappa shape index (κ1) is 11.4. The van der Waals surface area contributed by atoms with E-state index < -0.39 is 0 Å². The van der Waals surface area contributed by atoms with Crippen LogP contribution in [0.15, 0.2) is 24.3 Å². The van der Waals surface area contributed by atoms with Crippen LogP contribution in [0.1, 0.15) is 6.92 Å². The Morgan fingerprint density at radius 1 is 1.36 bits per heavy atom. The van der Waals surface area contributed by atoms with Crippen LogP contribution in [-0.4, -0.2) is 33.2 Å². The molecule has 0 aromatic carbocycles. The van der Waals surface area contributed by atoms with E-state index in [-0.39, 0.29) is 12.2 Å². The van der Waals surface area contributed by atoms with E-state index >= 15 is 0 Å². The summed E-state index contributed by atoms with van der Waals surface area (Å²) in [7, 11) is 3.30. The third-order valence-corrected chi connectivity index (χ3v) is 2.20. The summed E-state index contributed by atoms with van der Waals surface area (Å²) in [6.07, 6.45) is 8.00. The van der Waals surface area contributed by atoms with E-state index in [1.165, 1.54) is 0 Å². The van der Waals surface area contributed by atoms with Crippen molar-refractivity contribution in [3.05, 3.63) is 30.2 Å². The highest BCUT2D eigenvalue weighted by Gasteiger charge is 2.25. The van der Waals surface area contributed by atoms with E-state index in [1.54, 1.807) is 14.2 Å². The van der Waals surface area contributed by atoms with Crippen LogP contribution in [0.3, 0.4) is 0 Å². The van der Waals surface area contributed by atoms with Crippen molar-refractivity contribution >= 4 is 0 Å². The predicted molar refractivity (Wildman–Crippen MR) is 54.7 cm³/mol. The van der Waals surface area contributed by atoms with Gasteiger partial charge in [-0.1, -0.05) is 24.3 Å². The molecule has 0 aliphatic heterocycles. The molecule has 14 heavy (non-hydrogen) atoms. The molecule has 0 bridgehead atoms. The van der Waals surface area contributed by atoms with Gasteiger partial charge in [0.25, 0.3) is 0 Å². The highest BCUT2D eigenvalue weighted by molar-refractivity contribution is 5.31. The van der Waals surface area contributed by atoms with Crippen LogP contribution in [-0.2, 0) is 14.2 Å². The van der Waals surface area contributed by atoms with E-state index in [2.05, 4.69) is 0 Å². The van der Waals surface area contributed by atoms with Crippen LogP contribution in [0.2, 0.25) is 0 Å². The maximum Gasteiger partial charge on any atom is 0.147 e. The van der Waals surface area contributed by atoms with Crippen LogP contribution >= 0.6 is 0 Å². The monoisotopic (exact) mass is 197 g/mol. The lowest BCUT2D eigenvalue weighted by molar-refractivity contribution is -0.0573. The fourth-order valence-electron chi connectivity index (χ4n) is 1.33. The van der Waals surface area contributed by atoms with E-state index in [9.17, 15) is 0 Å². The molecule has 3 nitrogen and oxygen atoms in total. The van der Waals surface area contributed by atoms with Crippen LogP contribution < -0.4 is 0 Å². The molecule has 1 rings (SSSR count). The van der Waals surface area contributed by atoms with E-state index in [4.69, 9.17) is 14.2 Å². The first-order valence-electron chi connectivity index (χ1n) is 4.64. The molecule has 1 aliphatic carbocycles. The number of methoxy groups -OCH3 is 2. The van der Waals surface area contributed by atoms with Crippen LogP contribution in [0.25, 0.3) is 0 Å². The van der Waals surface area contributed by atoms with E-state index in [0.717, 1.165) is 5.92 Å². The Balaban J connectivity index is 2.52. The van der Waals surface area contributed by atoms with Crippen molar-refractivity contribution in [2.45, 2.75) is 19.1 Å². The summed E-state index contributed by atoms with van der Waals surface area (Å²) in [5.41, 5.74) is 0. The molecule has 3 heteroatoms. The standard InChI is InChI=1S/C11H17O3/c1-9(13-3)10-6-4-5-7-11(10)14-8-12-2/h4-7,9,11H,8H2,1-3H3. The number of ether oxygens (including phenoxy) is 3. The minimum Gasteiger partial charge on any atom is -0.381 e. The molecule has 0 spiro atoms.